The van der Waals surface area contributed by atoms with E-state index in [1.54, 1.807) is 12.5 Å². The lowest BCUT2D eigenvalue weighted by Crippen LogP contribution is -1.89. The maximum atomic E-state index is 5.25. The number of benzene rings is 1. The number of rotatable bonds is 4. The van der Waals surface area contributed by atoms with Crippen molar-refractivity contribution in [3.8, 4) is 0 Å². The molecule has 1 aromatic carbocycles. The third kappa shape index (κ3) is 2.64. The van der Waals surface area contributed by atoms with Crippen molar-refractivity contribution >= 4 is 11.9 Å². The van der Waals surface area contributed by atoms with Gasteiger partial charge in [0.15, 0.2) is 0 Å². The van der Waals surface area contributed by atoms with Gasteiger partial charge in [-0.2, -0.15) is 0 Å². The van der Waals surface area contributed by atoms with Crippen molar-refractivity contribution < 1.29 is 4.42 Å². The summed E-state index contributed by atoms with van der Waals surface area (Å²) in [6.45, 7) is 4.31. The minimum absolute atomic E-state index is 0.790. The van der Waals surface area contributed by atoms with E-state index >= 15 is 0 Å². The molecule has 17 heavy (non-hydrogen) atoms. The van der Waals surface area contributed by atoms with Gasteiger partial charge in [-0.15, -0.1) is 0 Å². The molecule has 2 aromatic rings. The minimum atomic E-state index is 0.790. The highest BCUT2D eigenvalue weighted by Crippen LogP contribution is 2.25. The summed E-state index contributed by atoms with van der Waals surface area (Å²) in [5.74, 6) is 0.790. The molecule has 2 nitrogen and oxygen atoms in total. The SMILES string of the molecule is CCc1cccc(CC)c1N=Cc1ccco1. The molecule has 0 aliphatic rings. The van der Waals surface area contributed by atoms with E-state index in [1.165, 1.54) is 11.1 Å². The Hall–Kier alpha value is -1.83. The molecule has 0 spiro atoms. The van der Waals surface area contributed by atoms with Gasteiger partial charge in [-0.1, -0.05) is 32.0 Å². The van der Waals surface area contributed by atoms with Crippen molar-refractivity contribution in [2.75, 3.05) is 0 Å². The molecular weight excluding hydrogens is 210 g/mol. The van der Waals surface area contributed by atoms with Crippen LogP contribution in [0.25, 0.3) is 0 Å². The maximum absolute atomic E-state index is 5.25. The summed E-state index contributed by atoms with van der Waals surface area (Å²) in [6, 6.07) is 10.1. The Bertz CT molecular complexity index is 475. The lowest BCUT2D eigenvalue weighted by molar-refractivity contribution is 0.560. The number of aryl methyl sites for hydroxylation is 2. The van der Waals surface area contributed by atoms with E-state index in [0.29, 0.717) is 0 Å². The molecule has 2 heteroatoms. The molecule has 0 fully saturated rings. The zero-order valence-electron chi connectivity index (χ0n) is 10.3. The predicted octanol–water partition coefficient (Wildman–Crippen LogP) is 4.16. The van der Waals surface area contributed by atoms with Crippen LogP contribution in [-0.4, -0.2) is 6.21 Å². The van der Waals surface area contributed by atoms with E-state index in [2.05, 4.69) is 37.0 Å². The second-order valence-electron chi connectivity index (χ2n) is 3.91. The topological polar surface area (TPSA) is 25.5 Å². The molecule has 0 bridgehead atoms. The van der Waals surface area contributed by atoms with Crippen LogP contribution in [0.2, 0.25) is 0 Å². The van der Waals surface area contributed by atoms with Crippen LogP contribution in [0.15, 0.2) is 46.0 Å². The minimum Gasteiger partial charge on any atom is -0.463 e. The molecule has 88 valence electrons. The third-order valence-corrected chi connectivity index (χ3v) is 2.83. The van der Waals surface area contributed by atoms with E-state index in [1.807, 2.05) is 12.1 Å². The Balaban J connectivity index is 2.36. The standard InChI is InChI=1S/C15H17NO/c1-3-12-7-5-8-13(4-2)15(12)16-11-14-9-6-10-17-14/h5-11H,3-4H2,1-2H3. The van der Waals surface area contributed by atoms with Crippen LogP contribution in [0.1, 0.15) is 30.7 Å². The zero-order chi connectivity index (χ0) is 12.1. The number of nitrogens with zero attached hydrogens (tertiary/aromatic N) is 1. The fourth-order valence-corrected chi connectivity index (χ4v) is 1.87. The summed E-state index contributed by atoms with van der Waals surface area (Å²) < 4.78 is 5.25. The highest BCUT2D eigenvalue weighted by Gasteiger charge is 2.04. The average Bonchev–Trinajstić information content (AvgIpc) is 2.88. The van der Waals surface area contributed by atoms with Crippen LogP contribution in [0.5, 0.6) is 0 Å². The van der Waals surface area contributed by atoms with Crippen molar-refractivity contribution in [2.45, 2.75) is 26.7 Å². The molecule has 0 saturated carbocycles. The zero-order valence-corrected chi connectivity index (χ0v) is 10.3. The summed E-state index contributed by atoms with van der Waals surface area (Å²) in [5, 5.41) is 0. The average molecular weight is 227 g/mol. The van der Waals surface area contributed by atoms with Crippen LogP contribution < -0.4 is 0 Å². The molecule has 2 rings (SSSR count). The number of para-hydroxylation sites is 1. The smallest absolute Gasteiger partial charge is 0.144 e. The van der Waals surface area contributed by atoms with Gasteiger partial charge in [-0.3, -0.25) is 4.99 Å². The molecule has 0 saturated heterocycles. The van der Waals surface area contributed by atoms with Crippen molar-refractivity contribution in [2.24, 2.45) is 4.99 Å². The lowest BCUT2D eigenvalue weighted by Gasteiger charge is -2.07. The van der Waals surface area contributed by atoms with Gasteiger partial charge in [-0.05, 0) is 36.1 Å². The van der Waals surface area contributed by atoms with Gasteiger partial charge in [0.2, 0.25) is 0 Å². The monoisotopic (exact) mass is 227 g/mol. The number of furan rings is 1. The van der Waals surface area contributed by atoms with Gasteiger partial charge in [0.05, 0.1) is 18.2 Å². The summed E-state index contributed by atoms with van der Waals surface area (Å²) in [6.07, 6.45) is 5.44. The van der Waals surface area contributed by atoms with Crippen molar-refractivity contribution in [1.29, 1.82) is 0 Å². The normalized spacial score (nSPS) is 11.2. The molecule has 0 aliphatic carbocycles. The van der Waals surface area contributed by atoms with Gasteiger partial charge < -0.3 is 4.42 Å². The van der Waals surface area contributed by atoms with Crippen LogP contribution in [0, 0.1) is 0 Å². The third-order valence-electron chi connectivity index (χ3n) is 2.83. The van der Waals surface area contributed by atoms with Crippen LogP contribution >= 0.6 is 0 Å². The number of hydrogen-bond acceptors (Lipinski definition) is 2. The number of aliphatic imine (C=N–C) groups is 1. The Labute approximate surface area is 102 Å². The summed E-state index contributed by atoms with van der Waals surface area (Å²) in [5.41, 5.74) is 3.66. The van der Waals surface area contributed by atoms with Gasteiger partial charge in [0.1, 0.15) is 5.76 Å². The van der Waals surface area contributed by atoms with Crippen LogP contribution in [0.3, 0.4) is 0 Å². The molecule has 0 atom stereocenters. The summed E-state index contributed by atoms with van der Waals surface area (Å²) in [7, 11) is 0. The molecule has 0 N–H and O–H groups in total. The van der Waals surface area contributed by atoms with Gasteiger partial charge in [0, 0.05) is 0 Å². The molecule has 0 radical (unpaired) electrons. The first-order chi connectivity index (χ1) is 8.35. The highest BCUT2D eigenvalue weighted by molar-refractivity contribution is 5.79. The van der Waals surface area contributed by atoms with E-state index in [0.717, 1.165) is 24.3 Å². The van der Waals surface area contributed by atoms with E-state index in [4.69, 9.17) is 4.42 Å². The summed E-state index contributed by atoms with van der Waals surface area (Å²) >= 11 is 0. The van der Waals surface area contributed by atoms with E-state index < -0.39 is 0 Å². The van der Waals surface area contributed by atoms with Crippen molar-refractivity contribution in [1.82, 2.24) is 0 Å². The number of hydrogen-bond donors (Lipinski definition) is 0. The highest BCUT2D eigenvalue weighted by atomic mass is 16.3. The largest absolute Gasteiger partial charge is 0.463 e. The molecule has 0 aliphatic heterocycles. The van der Waals surface area contributed by atoms with Crippen LogP contribution in [-0.2, 0) is 12.8 Å². The Morgan fingerprint density at radius 2 is 1.76 bits per heavy atom. The van der Waals surface area contributed by atoms with Crippen LogP contribution in [0.4, 0.5) is 5.69 Å². The van der Waals surface area contributed by atoms with Gasteiger partial charge in [-0.25, -0.2) is 0 Å². The fraction of sp³-hybridized carbons (Fsp3) is 0.267. The Morgan fingerprint density at radius 3 is 2.29 bits per heavy atom. The Morgan fingerprint density at radius 1 is 1.06 bits per heavy atom. The predicted molar refractivity (Wildman–Crippen MR) is 71.2 cm³/mol. The lowest BCUT2D eigenvalue weighted by atomic mass is 10.0. The first-order valence-electron chi connectivity index (χ1n) is 6.03. The van der Waals surface area contributed by atoms with E-state index in [9.17, 15) is 0 Å². The molecule has 1 aromatic heterocycles. The first-order valence-corrected chi connectivity index (χ1v) is 6.03. The first kappa shape index (κ1) is 11.6. The second kappa shape index (κ2) is 5.48. The molecule has 1 heterocycles. The Kier molecular flexibility index (Phi) is 3.76. The molecule has 0 unspecified atom stereocenters. The quantitative estimate of drug-likeness (QED) is 0.720. The van der Waals surface area contributed by atoms with Gasteiger partial charge in [0.25, 0.3) is 0 Å². The molecular formula is C15H17NO. The second-order valence-corrected chi connectivity index (χ2v) is 3.91. The van der Waals surface area contributed by atoms with Crippen molar-refractivity contribution in [3.05, 3.63) is 53.5 Å². The van der Waals surface area contributed by atoms with Crippen molar-refractivity contribution in [3.63, 3.8) is 0 Å². The summed E-state index contributed by atoms with van der Waals surface area (Å²) in [4.78, 5) is 4.57. The maximum Gasteiger partial charge on any atom is 0.144 e. The van der Waals surface area contributed by atoms with Gasteiger partial charge >= 0.3 is 0 Å². The fourth-order valence-electron chi connectivity index (χ4n) is 1.87. The van der Waals surface area contributed by atoms with E-state index in [-0.39, 0.29) is 0 Å². The molecule has 0 amide bonds.